The molecule has 0 radical (unpaired) electrons. The molecular weight excluding hydrogens is 208 g/mol. The maximum absolute atomic E-state index is 11.0. The lowest BCUT2D eigenvalue weighted by atomic mass is 9.95. The van der Waals surface area contributed by atoms with Gasteiger partial charge in [0.15, 0.2) is 0 Å². The number of carbonyl (C=O) groups excluding carboxylic acids is 2. The van der Waals surface area contributed by atoms with Crippen LogP contribution < -0.4 is 0 Å². The lowest BCUT2D eigenvalue weighted by molar-refractivity contribution is -0.152. The second-order valence-corrected chi connectivity index (χ2v) is 3.69. The highest BCUT2D eigenvalue weighted by molar-refractivity contribution is 5.81. The monoisotopic (exact) mass is 224 g/mol. The third-order valence-electron chi connectivity index (χ3n) is 2.48. The van der Waals surface area contributed by atoms with E-state index in [0.717, 1.165) is 31.4 Å². The first-order valence-corrected chi connectivity index (χ1v) is 5.31. The molecule has 88 valence electrons. The minimum absolute atomic E-state index is 0.179. The zero-order valence-electron chi connectivity index (χ0n) is 9.19. The third-order valence-corrected chi connectivity index (χ3v) is 2.48. The number of hydrogen-bond acceptors (Lipinski definition) is 4. The molecule has 0 spiro atoms. The van der Waals surface area contributed by atoms with Gasteiger partial charge in [0.1, 0.15) is 12.2 Å². The van der Waals surface area contributed by atoms with Crippen molar-refractivity contribution in [1.82, 2.24) is 0 Å². The Labute approximate surface area is 94.9 Å². The quantitative estimate of drug-likeness (QED) is 0.539. The van der Waals surface area contributed by atoms with Gasteiger partial charge < -0.3 is 9.47 Å². The summed E-state index contributed by atoms with van der Waals surface area (Å²) in [6.07, 6.45) is 4.97. The average molecular weight is 224 g/mol. The Morgan fingerprint density at radius 2 is 1.44 bits per heavy atom. The van der Waals surface area contributed by atoms with Gasteiger partial charge in [-0.2, -0.15) is 0 Å². The van der Waals surface area contributed by atoms with Crippen molar-refractivity contribution in [3.63, 3.8) is 0 Å². The Balaban J connectivity index is 2.40. The van der Waals surface area contributed by atoms with Crippen LogP contribution in [0.1, 0.15) is 25.7 Å². The molecule has 0 aromatic heterocycles. The molecule has 0 aromatic rings. The van der Waals surface area contributed by atoms with Gasteiger partial charge in [-0.15, -0.1) is 0 Å². The van der Waals surface area contributed by atoms with Gasteiger partial charge in [-0.05, 0) is 19.3 Å². The van der Waals surface area contributed by atoms with Crippen molar-refractivity contribution in [3.8, 4) is 0 Å². The third kappa shape index (κ3) is 3.88. The Bertz CT molecular complexity index is 267. The van der Waals surface area contributed by atoms with Crippen molar-refractivity contribution in [1.29, 1.82) is 0 Å². The van der Waals surface area contributed by atoms with Crippen LogP contribution in [0, 0.1) is 0 Å². The Morgan fingerprint density at radius 3 is 1.81 bits per heavy atom. The lowest BCUT2D eigenvalue weighted by Gasteiger charge is -2.28. The minimum atomic E-state index is -0.430. The van der Waals surface area contributed by atoms with E-state index in [1.54, 1.807) is 0 Å². The summed E-state index contributed by atoms with van der Waals surface area (Å²) >= 11 is 0. The highest BCUT2D eigenvalue weighted by Gasteiger charge is 2.26. The number of rotatable bonds is 4. The molecule has 4 heteroatoms. The van der Waals surface area contributed by atoms with Crippen LogP contribution in [0.3, 0.4) is 0 Å². The topological polar surface area (TPSA) is 52.6 Å². The van der Waals surface area contributed by atoms with Crippen LogP contribution in [-0.4, -0.2) is 24.1 Å². The van der Waals surface area contributed by atoms with Gasteiger partial charge in [-0.25, -0.2) is 9.59 Å². The van der Waals surface area contributed by atoms with Crippen LogP contribution in [-0.2, 0) is 19.1 Å². The van der Waals surface area contributed by atoms with E-state index in [0.29, 0.717) is 6.42 Å². The fraction of sp³-hybridized carbons (Fsp3) is 0.500. The molecule has 1 aliphatic carbocycles. The lowest BCUT2D eigenvalue weighted by Crippen LogP contribution is -2.30. The number of esters is 2. The first kappa shape index (κ1) is 12.5. The second-order valence-electron chi connectivity index (χ2n) is 3.69. The molecule has 0 aromatic carbocycles. The van der Waals surface area contributed by atoms with E-state index in [4.69, 9.17) is 9.47 Å². The van der Waals surface area contributed by atoms with E-state index >= 15 is 0 Å². The predicted molar refractivity (Wildman–Crippen MR) is 58.6 cm³/mol. The van der Waals surface area contributed by atoms with Gasteiger partial charge in [-0.1, -0.05) is 13.2 Å². The maximum atomic E-state index is 11.0. The fourth-order valence-corrected chi connectivity index (χ4v) is 1.74. The molecule has 0 amide bonds. The molecule has 2 unspecified atom stereocenters. The smallest absolute Gasteiger partial charge is 0.330 e. The molecule has 2 atom stereocenters. The summed E-state index contributed by atoms with van der Waals surface area (Å²) in [6.45, 7) is 6.67. The van der Waals surface area contributed by atoms with E-state index in [2.05, 4.69) is 13.2 Å². The molecule has 0 bridgehead atoms. The highest BCUT2D eigenvalue weighted by atomic mass is 16.6. The van der Waals surface area contributed by atoms with Crippen LogP contribution in [0.2, 0.25) is 0 Å². The van der Waals surface area contributed by atoms with Crippen LogP contribution in [0.15, 0.2) is 25.3 Å². The Kier molecular flexibility index (Phi) is 4.76. The summed E-state index contributed by atoms with van der Waals surface area (Å²) in [5, 5.41) is 0. The SMILES string of the molecule is C=CC(=O)OC1CCCC(OC(=O)C=C)C1. The first-order chi connectivity index (χ1) is 7.65. The van der Waals surface area contributed by atoms with Crippen molar-refractivity contribution in [2.24, 2.45) is 0 Å². The average Bonchev–Trinajstić information content (AvgIpc) is 2.29. The zero-order valence-corrected chi connectivity index (χ0v) is 9.19. The fourth-order valence-electron chi connectivity index (χ4n) is 1.74. The number of carbonyl (C=O) groups is 2. The summed E-state index contributed by atoms with van der Waals surface area (Å²) in [6, 6.07) is 0. The van der Waals surface area contributed by atoms with E-state index in [1.165, 1.54) is 0 Å². The summed E-state index contributed by atoms with van der Waals surface area (Å²) in [7, 11) is 0. The molecule has 1 aliphatic rings. The summed E-state index contributed by atoms with van der Waals surface area (Å²) < 4.78 is 10.2. The van der Waals surface area contributed by atoms with Crippen molar-refractivity contribution >= 4 is 11.9 Å². The van der Waals surface area contributed by atoms with Crippen LogP contribution >= 0.6 is 0 Å². The largest absolute Gasteiger partial charge is 0.459 e. The summed E-state index contributed by atoms with van der Waals surface area (Å²) in [5.74, 6) is -0.860. The molecular formula is C12H16O4. The summed E-state index contributed by atoms with van der Waals surface area (Å²) in [5.41, 5.74) is 0. The Hall–Kier alpha value is -1.58. The van der Waals surface area contributed by atoms with Crippen LogP contribution in [0.5, 0.6) is 0 Å². The Morgan fingerprint density at radius 1 is 1.00 bits per heavy atom. The van der Waals surface area contributed by atoms with E-state index in [1.807, 2.05) is 0 Å². The van der Waals surface area contributed by atoms with E-state index in [-0.39, 0.29) is 12.2 Å². The van der Waals surface area contributed by atoms with Crippen molar-refractivity contribution < 1.29 is 19.1 Å². The van der Waals surface area contributed by atoms with Gasteiger partial charge in [-0.3, -0.25) is 0 Å². The summed E-state index contributed by atoms with van der Waals surface area (Å²) in [4.78, 5) is 22.0. The van der Waals surface area contributed by atoms with Gasteiger partial charge in [0, 0.05) is 18.6 Å². The van der Waals surface area contributed by atoms with Crippen LogP contribution in [0.4, 0.5) is 0 Å². The van der Waals surface area contributed by atoms with Gasteiger partial charge in [0.25, 0.3) is 0 Å². The van der Waals surface area contributed by atoms with E-state index in [9.17, 15) is 9.59 Å². The molecule has 0 saturated heterocycles. The minimum Gasteiger partial charge on any atom is -0.459 e. The van der Waals surface area contributed by atoms with Crippen molar-refractivity contribution in [2.45, 2.75) is 37.9 Å². The molecule has 0 heterocycles. The zero-order chi connectivity index (χ0) is 12.0. The molecule has 0 aliphatic heterocycles. The predicted octanol–water partition coefficient (Wildman–Crippen LogP) is 1.76. The number of hydrogen-bond donors (Lipinski definition) is 0. The molecule has 0 N–H and O–H groups in total. The normalized spacial score (nSPS) is 24.2. The molecule has 16 heavy (non-hydrogen) atoms. The number of ether oxygens (including phenoxy) is 2. The maximum Gasteiger partial charge on any atom is 0.330 e. The van der Waals surface area contributed by atoms with Crippen molar-refractivity contribution in [3.05, 3.63) is 25.3 Å². The van der Waals surface area contributed by atoms with Crippen LogP contribution in [0.25, 0.3) is 0 Å². The van der Waals surface area contributed by atoms with Gasteiger partial charge in [0.2, 0.25) is 0 Å². The highest BCUT2D eigenvalue weighted by Crippen LogP contribution is 2.23. The first-order valence-electron chi connectivity index (χ1n) is 5.31. The van der Waals surface area contributed by atoms with Gasteiger partial charge >= 0.3 is 11.9 Å². The molecule has 1 rings (SSSR count). The molecule has 1 saturated carbocycles. The van der Waals surface area contributed by atoms with Gasteiger partial charge in [0.05, 0.1) is 0 Å². The second kappa shape index (κ2) is 6.10. The van der Waals surface area contributed by atoms with Crippen molar-refractivity contribution in [2.75, 3.05) is 0 Å². The van der Waals surface area contributed by atoms with E-state index < -0.39 is 11.9 Å². The molecule has 1 fully saturated rings. The molecule has 4 nitrogen and oxygen atoms in total. The standard InChI is InChI=1S/C12H16O4/c1-3-11(13)15-9-6-5-7-10(8-9)16-12(14)4-2/h3-4,9-10H,1-2,5-8H2.